The number of carboxylic acid groups (broad SMARTS) is 1. The Bertz CT molecular complexity index is 430. The van der Waals surface area contributed by atoms with Crippen LogP contribution in [0, 0.1) is 0 Å². The minimum absolute atomic E-state index is 0.136. The van der Waals surface area contributed by atoms with Crippen molar-refractivity contribution in [2.75, 3.05) is 6.54 Å². The Labute approximate surface area is 112 Å². The summed E-state index contributed by atoms with van der Waals surface area (Å²) in [6.45, 7) is 4.45. The number of hydrogen-bond donors (Lipinski definition) is 2. The number of aliphatic carboxylic acids is 1. The van der Waals surface area contributed by atoms with E-state index in [-0.39, 0.29) is 12.3 Å². The van der Waals surface area contributed by atoms with Gasteiger partial charge < -0.3 is 10.4 Å². The van der Waals surface area contributed by atoms with Gasteiger partial charge in [-0.1, -0.05) is 25.0 Å². The lowest BCUT2D eigenvalue weighted by Crippen LogP contribution is -2.32. The van der Waals surface area contributed by atoms with Crippen LogP contribution in [0.15, 0.2) is 6.20 Å². The highest BCUT2D eigenvalue weighted by atomic mass is 16.4. The molecule has 0 saturated carbocycles. The Morgan fingerprint density at radius 1 is 1.47 bits per heavy atom. The standard InChI is InChI=1S/C12H20N4O3/c1-3-4-5-6-13-12(19)9(2)16-8-10(14-15-16)7-11(17)18/h8-9H,3-7H2,1-2H3,(H,13,19)(H,17,18). The minimum atomic E-state index is -0.969. The zero-order valence-electron chi connectivity index (χ0n) is 11.3. The molecular formula is C12H20N4O3. The average Bonchev–Trinajstić information content (AvgIpc) is 2.81. The third kappa shape index (κ3) is 5.07. The molecule has 106 valence electrons. The summed E-state index contributed by atoms with van der Waals surface area (Å²) in [4.78, 5) is 22.4. The van der Waals surface area contributed by atoms with Gasteiger partial charge in [-0.2, -0.15) is 0 Å². The monoisotopic (exact) mass is 268 g/mol. The van der Waals surface area contributed by atoms with E-state index in [9.17, 15) is 9.59 Å². The van der Waals surface area contributed by atoms with Crippen molar-refractivity contribution in [1.82, 2.24) is 20.3 Å². The first-order valence-electron chi connectivity index (χ1n) is 6.44. The number of aromatic nitrogens is 3. The summed E-state index contributed by atoms with van der Waals surface area (Å²) >= 11 is 0. The van der Waals surface area contributed by atoms with Crippen LogP contribution in [0.5, 0.6) is 0 Å². The molecule has 1 unspecified atom stereocenters. The molecule has 1 amide bonds. The van der Waals surface area contributed by atoms with Crippen LogP contribution in [-0.4, -0.2) is 38.5 Å². The summed E-state index contributed by atoms with van der Waals surface area (Å²) in [5, 5.41) is 19.0. The Kier molecular flexibility index (Phi) is 5.98. The van der Waals surface area contributed by atoms with Crippen LogP contribution in [0.2, 0.25) is 0 Å². The highest BCUT2D eigenvalue weighted by Gasteiger charge is 2.16. The molecule has 7 nitrogen and oxygen atoms in total. The Morgan fingerprint density at radius 2 is 2.21 bits per heavy atom. The molecule has 1 aromatic rings. The maximum absolute atomic E-state index is 11.8. The van der Waals surface area contributed by atoms with Crippen LogP contribution in [0.3, 0.4) is 0 Å². The molecule has 0 bridgehead atoms. The molecule has 0 aliphatic heterocycles. The molecular weight excluding hydrogens is 248 g/mol. The van der Waals surface area contributed by atoms with E-state index in [1.807, 2.05) is 0 Å². The summed E-state index contributed by atoms with van der Waals surface area (Å²) in [5.74, 6) is -1.11. The van der Waals surface area contributed by atoms with Gasteiger partial charge in [-0.3, -0.25) is 9.59 Å². The van der Waals surface area contributed by atoms with Crippen molar-refractivity contribution in [2.45, 2.75) is 45.6 Å². The normalized spacial score (nSPS) is 12.1. The van der Waals surface area contributed by atoms with Crippen molar-refractivity contribution in [2.24, 2.45) is 0 Å². The number of unbranched alkanes of at least 4 members (excludes halogenated alkanes) is 2. The smallest absolute Gasteiger partial charge is 0.309 e. The molecule has 1 heterocycles. The van der Waals surface area contributed by atoms with Gasteiger partial charge in [-0.25, -0.2) is 4.68 Å². The van der Waals surface area contributed by atoms with Gasteiger partial charge in [0, 0.05) is 12.7 Å². The topological polar surface area (TPSA) is 97.1 Å². The van der Waals surface area contributed by atoms with E-state index in [2.05, 4.69) is 22.6 Å². The molecule has 0 aliphatic carbocycles. The van der Waals surface area contributed by atoms with Crippen molar-refractivity contribution in [3.63, 3.8) is 0 Å². The summed E-state index contributed by atoms with van der Waals surface area (Å²) in [7, 11) is 0. The number of carbonyl (C=O) groups is 2. The fourth-order valence-electron chi connectivity index (χ4n) is 1.59. The molecule has 7 heteroatoms. The lowest BCUT2D eigenvalue weighted by Gasteiger charge is -2.11. The zero-order valence-corrected chi connectivity index (χ0v) is 11.3. The van der Waals surface area contributed by atoms with Gasteiger partial charge >= 0.3 is 5.97 Å². The van der Waals surface area contributed by atoms with E-state index in [1.165, 1.54) is 10.9 Å². The second kappa shape index (κ2) is 7.50. The number of carbonyl (C=O) groups excluding carboxylic acids is 1. The molecule has 1 aromatic heterocycles. The van der Waals surface area contributed by atoms with Crippen molar-refractivity contribution in [1.29, 1.82) is 0 Å². The molecule has 19 heavy (non-hydrogen) atoms. The van der Waals surface area contributed by atoms with E-state index in [1.54, 1.807) is 6.92 Å². The van der Waals surface area contributed by atoms with Crippen LogP contribution in [0.4, 0.5) is 0 Å². The second-order valence-electron chi connectivity index (χ2n) is 4.43. The molecule has 1 rings (SSSR count). The molecule has 1 atom stereocenters. The van der Waals surface area contributed by atoms with E-state index in [4.69, 9.17) is 5.11 Å². The Balaban J connectivity index is 2.47. The number of nitrogens with one attached hydrogen (secondary N) is 1. The highest BCUT2D eigenvalue weighted by Crippen LogP contribution is 2.05. The van der Waals surface area contributed by atoms with Crippen molar-refractivity contribution in [3.05, 3.63) is 11.9 Å². The molecule has 0 aliphatic rings. The van der Waals surface area contributed by atoms with Crippen LogP contribution in [0.1, 0.15) is 44.8 Å². The number of carboxylic acids is 1. The summed E-state index contributed by atoms with van der Waals surface area (Å²) in [6.07, 6.45) is 4.44. The predicted octanol–water partition coefficient (Wildman–Crippen LogP) is 0.773. The van der Waals surface area contributed by atoms with Gasteiger partial charge in [0.1, 0.15) is 6.04 Å². The molecule has 2 N–H and O–H groups in total. The quantitative estimate of drug-likeness (QED) is 0.679. The minimum Gasteiger partial charge on any atom is -0.481 e. The second-order valence-corrected chi connectivity index (χ2v) is 4.43. The van der Waals surface area contributed by atoms with E-state index in [0.29, 0.717) is 12.2 Å². The number of nitrogens with zero attached hydrogens (tertiary/aromatic N) is 3. The molecule has 0 saturated heterocycles. The SMILES string of the molecule is CCCCCNC(=O)C(C)n1cc(CC(=O)O)nn1. The van der Waals surface area contributed by atoms with Gasteiger partial charge in [-0.05, 0) is 13.3 Å². The molecule has 0 spiro atoms. The Hall–Kier alpha value is -1.92. The molecule has 0 radical (unpaired) electrons. The zero-order chi connectivity index (χ0) is 14.3. The van der Waals surface area contributed by atoms with Crippen LogP contribution in [-0.2, 0) is 16.0 Å². The number of hydrogen-bond acceptors (Lipinski definition) is 4. The largest absolute Gasteiger partial charge is 0.481 e. The van der Waals surface area contributed by atoms with Gasteiger partial charge in [0.2, 0.25) is 5.91 Å². The van der Waals surface area contributed by atoms with Crippen LogP contribution in [0.25, 0.3) is 0 Å². The number of amides is 1. The third-order valence-corrected chi connectivity index (χ3v) is 2.75. The fourth-order valence-corrected chi connectivity index (χ4v) is 1.59. The van der Waals surface area contributed by atoms with Crippen LogP contribution < -0.4 is 5.32 Å². The first kappa shape index (κ1) is 15.1. The summed E-state index contributed by atoms with van der Waals surface area (Å²) in [6, 6.07) is -0.489. The maximum Gasteiger partial charge on any atom is 0.309 e. The first-order chi connectivity index (χ1) is 9.04. The predicted molar refractivity (Wildman–Crippen MR) is 68.6 cm³/mol. The van der Waals surface area contributed by atoms with Gasteiger partial charge in [-0.15, -0.1) is 5.10 Å². The Morgan fingerprint density at radius 3 is 2.84 bits per heavy atom. The van der Waals surface area contributed by atoms with E-state index < -0.39 is 12.0 Å². The van der Waals surface area contributed by atoms with Crippen molar-refractivity contribution >= 4 is 11.9 Å². The van der Waals surface area contributed by atoms with Gasteiger partial charge in [0.25, 0.3) is 0 Å². The third-order valence-electron chi connectivity index (χ3n) is 2.75. The highest BCUT2D eigenvalue weighted by molar-refractivity contribution is 5.79. The summed E-state index contributed by atoms with van der Waals surface area (Å²) in [5.41, 5.74) is 0.345. The maximum atomic E-state index is 11.8. The van der Waals surface area contributed by atoms with Crippen molar-refractivity contribution in [3.8, 4) is 0 Å². The molecule has 0 aromatic carbocycles. The van der Waals surface area contributed by atoms with Crippen LogP contribution >= 0.6 is 0 Å². The van der Waals surface area contributed by atoms with E-state index in [0.717, 1.165) is 19.3 Å². The van der Waals surface area contributed by atoms with Crippen molar-refractivity contribution < 1.29 is 14.7 Å². The van der Waals surface area contributed by atoms with Gasteiger partial charge in [0.15, 0.2) is 0 Å². The lowest BCUT2D eigenvalue weighted by atomic mass is 10.2. The first-order valence-corrected chi connectivity index (χ1v) is 6.44. The molecule has 0 fully saturated rings. The lowest BCUT2D eigenvalue weighted by molar-refractivity contribution is -0.136. The van der Waals surface area contributed by atoms with Gasteiger partial charge in [0.05, 0.1) is 12.1 Å². The summed E-state index contributed by atoms with van der Waals surface area (Å²) < 4.78 is 1.38. The average molecular weight is 268 g/mol. The van der Waals surface area contributed by atoms with E-state index >= 15 is 0 Å². The number of rotatable bonds is 8. The fraction of sp³-hybridized carbons (Fsp3) is 0.667.